The van der Waals surface area contributed by atoms with E-state index in [9.17, 15) is 4.79 Å². The summed E-state index contributed by atoms with van der Waals surface area (Å²) in [4.78, 5) is 12.6. The number of hydrogen-bond acceptors (Lipinski definition) is 2. The Morgan fingerprint density at radius 1 is 1.64 bits per heavy atom. The first-order chi connectivity index (χ1) is 5.29. The molecule has 0 bridgehead atoms. The van der Waals surface area contributed by atoms with Crippen molar-refractivity contribution in [2.45, 2.75) is 25.7 Å². The Balaban J connectivity index is 2.51. The molecule has 11 heavy (non-hydrogen) atoms. The van der Waals surface area contributed by atoms with Crippen LogP contribution in [0.1, 0.15) is 40.9 Å². The molecule has 1 aromatic heterocycles. The van der Waals surface area contributed by atoms with Crippen molar-refractivity contribution in [1.29, 1.82) is 0 Å². The number of rotatable bonds is 0. The van der Waals surface area contributed by atoms with Gasteiger partial charge in [0.05, 0.1) is 0 Å². The monoisotopic (exact) mass is 166 g/mol. The van der Waals surface area contributed by atoms with Gasteiger partial charge in [0.1, 0.15) is 0 Å². The second-order valence-electron chi connectivity index (χ2n) is 3.06. The minimum Gasteiger partial charge on any atom is -0.294 e. The summed E-state index contributed by atoms with van der Waals surface area (Å²) >= 11 is 1.72. The molecular weight excluding hydrogens is 156 g/mol. The van der Waals surface area contributed by atoms with E-state index in [-0.39, 0.29) is 0 Å². The Labute approximate surface area is 70.1 Å². The van der Waals surface area contributed by atoms with Crippen molar-refractivity contribution in [1.82, 2.24) is 0 Å². The number of Topliss-reactive ketones (excluding diaryl/α,β-unsaturated/α-hetero) is 1. The fourth-order valence-electron chi connectivity index (χ4n) is 1.55. The van der Waals surface area contributed by atoms with Crippen LogP contribution in [0, 0.1) is 0 Å². The van der Waals surface area contributed by atoms with Gasteiger partial charge in [0.2, 0.25) is 0 Å². The number of carbonyl (C=O) groups excluding carboxylic acids is 1. The van der Waals surface area contributed by atoms with Crippen molar-refractivity contribution < 1.29 is 4.79 Å². The summed E-state index contributed by atoms with van der Waals surface area (Å²) in [5.74, 6) is 0.932. The van der Waals surface area contributed by atoms with Gasteiger partial charge in [-0.25, -0.2) is 0 Å². The van der Waals surface area contributed by atoms with E-state index in [0.29, 0.717) is 11.7 Å². The van der Waals surface area contributed by atoms with Gasteiger partial charge in [-0.15, -0.1) is 11.3 Å². The lowest BCUT2D eigenvalue weighted by molar-refractivity contribution is 0.0969. The van der Waals surface area contributed by atoms with Crippen LogP contribution in [0.5, 0.6) is 0 Å². The largest absolute Gasteiger partial charge is 0.294 e. The zero-order valence-corrected chi connectivity index (χ0v) is 7.28. The molecule has 0 saturated heterocycles. The topological polar surface area (TPSA) is 17.1 Å². The summed E-state index contributed by atoms with van der Waals surface area (Å²) in [6.07, 6.45) is 1.78. The minimum atomic E-state index is 0.333. The van der Waals surface area contributed by atoms with Crippen LogP contribution < -0.4 is 0 Å². The highest BCUT2D eigenvalue weighted by atomic mass is 32.1. The first-order valence-electron chi connectivity index (χ1n) is 3.89. The molecule has 2 heteroatoms. The van der Waals surface area contributed by atoms with E-state index < -0.39 is 0 Å². The van der Waals surface area contributed by atoms with Crippen LogP contribution in [0.4, 0.5) is 0 Å². The molecule has 1 aliphatic carbocycles. The molecule has 0 radical (unpaired) electrons. The molecule has 0 fully saturated rings. The third-order valence-corrected chi connectivity index (χ3v) is 3.40. The average molecular weight is 166 g/mol. The van der Waals surface area contributed by atoms with Gasteiger partial charge >= 0.3 is 0 Å². The van der Waals surface area contributed by atoms with Gasteiger partial charge in [0.15, 0.2) is 5.78 Å². The van der Waals surface area contributed by atoms with Gasteiger partial charge in [-0.05, 0) is 23.8 Å². The van der Waals surface area contributed by atoms with Crippen molar-refractivity contribution in [2.75, 3.05) is 0 Å². The van der Waals surface area contributed by atoms with Gasteiger partial charge in [0.25, 0.3) is 0 Å². The lowest BCUT2D eigenvalue weighted by Gasteiger charge is -2.16. The van der Waals surface area contributed by atoms with Crippen LogP contribution in [0.15, 0.2) is 11.4 Å². The van der Waals surface area contributed by atoms with Gasteiger partial charge in [-0.2, -0.15) is 0 Å². The molecule has 0 aromatic carbocycles. The molecule has 2 rings (SSSR count). The normalized spacial score (nSPS) is 23.4. The van der Waals surface area contributed by atoms with E-state index in [1.165, 1.54) is 4.88 Å². The first-order valence-corrected chi connectivity index (χ1v) is 4.77. The zero-order chi connectivity index (χ0) is 7.84. The maximum atomic E-state index is 11.3. The molecule has 0 spiro atoms. The van der Waals surface area contributed by atoms with Gasteiger partial charge < -0.3 is 0 Å². The number of thiophene rings is 1. The smallest absolute Gasteiger partial charge is 0.164 e. The summed E-state index contributed by atoms with van der Waals surface area (Å²) in [6.45, 7) is 2.20. The quantitative estimate of drug-likeness (QED) is 0.579. The molecule has 0 amide bonds. The molecule has 1 nitrogen and oxygen atoms in total. The molecule has 58 valence electrons. The molecule has 0 N–H and O–H groups in total. The van der Waals surface area contributed by atoms with Crippen LogP contribution in [0.25, 0.3) is 0 Å². The van der Waals surface area contributed by atoms with E-state index in [4.69, 9.17) is 0 Å². The van der Waals surface area contributed by atoms with Crippen molar-refractivity contribution in [3.05, 3.63) is 21.9 Å². The van der Waals surface area contributed by atoms with Crippen molar-refractivity contribution in [3.63, 3.8) is 0 Å². The third-order valence-electron chi connectivity index (χ3n) is 2.25. The second kappa shape index (κ2) is 2.45. The van der Waals surface area contributed by atoms with Crippen molar-refractivity contribution in [3.8, 4) is 0 Å². The van der Waals surface area contributed by atoms with Gasteiger partial charge in [-0.3, -0.25) is 4.79 Å². The van der Waals surface area contributed by atoms with E-state index in [1.54, 1.807) is 11.3 Å². The second-order valence-corrected chi connectivity index (χ2v) is 4.01. The van der Waals surface area contributed by atoms with Gasteiger partial charge in [0, 0.05) is 16.9 Å². The maximum Gasteiger partial charge on any atom is 0.164 e. The SMILES string of the molecule is CC1CCC(=O)c2ccsc21. The molecule has 1 atom stereocenters. The average Bonchev–Trinajstić information content (AvgIpc) is 2.45. The Hall–Kier alpha value is -0.630. The Morgan fingerprint density at radius 3 is 3.18 bits per heavy atom. The lowest BCUT2D eigenvalue weighted by Crippen LogP contribution is -2.10. The molecular formula is C9H10OS. The number of carbonyl (C=O) groups is 1. The van der Waals surface area contributed by atoms with Crippen molar-refractivity contribution >= 4 is 17.1 Å². The Morgan fingerprint density at radius 2 is 2.45 bits per heavy atom. The van der Waals surface area contributed by atoms with Crippen LogP contribution in [0.3, 0.4) is 0 Å². The summed E-state index contributed by atoms with van der Waals surface area (Å²) in [5, 5.41) is 2.02. The number of hydrogen-bond donors (Lipinski definition) is 0. The van der Waals surface area contributed by atoms with E-state index in [0.717, 1.165) is 18.4 Å². The summed E-state index contributed by atoms with van der Waals surface area (Å²) in [6, 6.07) is 1.96. The standard InChI is InChI=1S/C9H10OS/c1-6-2-3-8(10)7-4-5-11-9(6)7/h4-6H,2-3H2,1H3. The highest BCUT2D eigenvalue weighted by molar-refractivity contribution is 7.10. The molecule has 1 aliphatic rings. The molecule has 1 aromatic rings. The summed E-state index contributed by atoms with van der Waals surface area (Å²) < 4.78 is 0. The highest BCUT2D eigenvalue weighted by Crippen LogP contribution is 2.34. The summed E-state index contributed by atoms with van der Waals surface area (Å²) in [7, 11) is 0. The molecule has 0 saturated carbocycles. The van der Waals surface area contributed by atoms with E-state index in [1.807, 2.05) is 11.4 Å². The predicted octanol–water partition coefficient (Wildman–Crippen LogP) is 2.83. The molecule has 0 aliphatic heterocycles. The Bertz CT molecular complexity index is 288. The van der Waals surface area contributed by atoms with Crippen LogP contribution in [0.2, 0.25) is 0 Å². The Kier molecular flexibility index (Phi) is 1.57. The number of fused-ring (bicyclic) bond motifs is 1. The predicted molar refractivity (Wildman–Crippen MR) is 46.3 cm³/mol. The van der Waals surface area contributed by atoms with E-state index in [2.05, 4.69) is 6.92 Å². The number of ketones is 1. The van der Waals surface area contributed by atoms with Gasteiger partial charge in [-0.1, -0.05) is 6.92 Å². The van der Waals surface area contributed by atoms with Crippen molar-refractivity contribution in [2.24, 2.45) is 0 Å². The minimum absolute atomic E-state index is 0.333. The third kappa shape index (κ3) is 1.02. The van der Waals surface area contributed by atoms with Crippen LogP contribution in [-0.2, 0) is 0 Å². The zero-order valence-electron chi connectivity index (χ0n) is 6.46. The lowest BCUT2D eigenvalue weighted by atomic mass is 9.90. The molecule has 1 heterocycles. The fraction of sp³-hybridized carbons (Fsp3) is 0.444. The fourth-order valence-corrected chi connectivity index (χ4v) is 2.56. The van der Waals surface area contributed by atoms with Crippen LogP contribution in [-0.4, -0.2) is 5.78 Å². The maximum absolute atomic E-state index is 11.3. The van der Waals surface area contributed by atoms with Crippen LogP contribution >= 0.6 is 11.3 Å². The highest BCUT2D eigenvalue weighted by Gasteiger charge is 2.23. The molecule has 1 unspecified atom stereocenters. The van der Waals surface area contributed by atoms with E-state index >= 15 is 0 Å². The first kappa shape index (κ1) is 7.04. The summed E-state index contributed by atoms with van der Waals surface area (Å²) in [5.41, 5.74) is 0.980.